The summed E-state index contributed by atoms with van der Waals surface area (Å²) in [5.41, 5.74) is 0.910. The maximum Gasteiger partial charge on any atom is 0.416 e. The Morgan fingerprint density at radius 1 is 1.12 bits per heavy atom. The molecule has 1 N–H and O–H groups in total. The number of hydrogen-bond donors (Lipinski definition) is 1. The molecule has 128 valence electrons. The van der Waals surface area contributed by atoms with Gasteiger partial charge in [-0.15, -0.1) is 0 Å². The number of nitrogens with one attached hydrogen (secondary N) is 1. The number of amides is 1. The van der Waals surface area contributed by atoms with E-state index >= 15 is 0 Å². The number of nitriles is 1. The third kappa shape index (κ3) is 4.48. The molecule has 0 unspecified atom stereocenters. The van der Waals surface area contributed by atoms with Crippen molar-refractivity contribution in [2.75, 3.05) is 5.32 Å². The van der Waals surface area contributed by atoms with Gasteiger partial charge in [-0.05, 0) is 54.8 Å². The Morgan fingerprint density at radius 2 is 1.80 bits per heavy atom. The lowest BCUT2D eigenvalue weighted by molar-refractivity contribution is -0.137. The molecule has 6 heteroatoms. The molecule has 0 heterocycles. The number of rotatable bonds is 3. The minimum Gasteiger partial charge on any atom is -0.321 e. The highest BCUT2D eigenvalue weighted by atomic mass is 19.4. The van der Waals surface area contributed by atoms with Crippen LogP contribution in [0.25, 0.3) is 6.08 Å². The van der Waals surface area contributed by atoms with Crippen molar-refractivity contribution in [2.24, 2.45) is 0 Å². The molecule has 0 fully saturated rings. The zero-order chi connectivity index (χ0) is 18.6. The van der Waals surface area contributed by atoms with Gasteiger partial charge >= 0.3 is 6.18 Å². The summed E-state index contributed by atoms with van der Waals surface area (Å²) in [7, 11) is 0. The summed E-state index contributed by atoms with van der Waals surface area (Å²) in [5, 5.41) is 11.7. The number of alkyl halides is 3. The normalized spacial score (nSPS) is 11.8. The Morgan fingerprint density at radius 3 is 2.40 bits per heavy atom. The third-order valence-electron chi connectivity index (χ3n) is 3.70. The Balaban J connectivity index is 2.33. The number of aryl methyl sites for hydroxylation is 2. The quantitative estimate of drug-likeness (QED) is 0.638. The summed E-state index contributed by atoms with van der Waals surface area (Å²) in [6.45, 7) is 3.78. The maximum absolute atomic E-state index is 13.0. The summed E-state index contributed by atoms with van der Waals surface area (Å²) in [5.74, 6) is -0.761. The average molecular weight is 344 g/mol. The minimum absolute atomic E-state index is 0.234. The van der Waals surface area contributed by atoms with Crippen molar-refractivity contribution in [1.82, 2.24) is 0 Å². The molecule has 0 aromatic heterocycles. The summed E-state index contributed by atoms with van der Waals surface area (Å²) in [6.07, 6.45) is -3.63. The molecule has 2 aromatic rings. The molecule has 25 heavy (non-hydrogen) atoms. The van der Waals surface area contributed by atoms with Gasteiger partial charge in [0.1, 0.15) is 11.6 Å². The van der Waals surface area contributed by atoms with Crippen LogP contribution in [0.4, 0.5) is 18.9 Å². The van der Waals surface area contributed by atoms with Crippen LogP contribution >= 0.6 is 0 Å². The topological polar surface area (TPSA) is 52.9 Å². The lowest BCUT2D eigenvalue weighted by Gasteiger charge is -2.11. The van der Waals surface area contributed by atoms with E-state index in [1.807, 2.05) is 13.8 Å². The number of hydrogen-bond acceptors (Lipinski definition) is 2. The van der Waals surface area contributed by atoms with Gasteiger partial charge in [-0.3, -0.25) is 4.79 Å². The van der Waals surface area contributed by atoms with Crippen LogP contribution < -0.4 is 5.32 Å². The molecule has 2 rings (SSSR count). The number of carbonyl (C=O) groups excluding carboxylic acids is 1. The zero-order valence-corrected chi connectivity index (χ0v) is 13.6. The van der Waals surface area contributed by atoms with Crippen LogP contribution in [0.1, 0.15) is 22.3 Å². The predicted molar refractivity (Wildman–Crippen MR) is 89.6 cm³/mol. The summed E-state index contributed by atoms with van der Waals surface area (Å²) >= 11 is 0. The van der Waals surface area contributed by atoms with Crippen LogP contribution in [0.5, 0.6) is 0 Å². The van der Waals surface area contributed by atoms with Gasteiger partial charge in [0.25, 0.3) is 5.91 Å². The molecular formula is C19H15F3N2O. The van der Waals surface area contributed by atoms with E-state index in [-0.39, 0.29) is 5.56 Å². The van der Waals surface area contributed by atoms with Crippen LogP contribution in [0.3, 0.4) is 0 Å². The molecule has 0 aliphatic carbocycles. The molecule has 3 nitrogen and oxygen atoms in total. The van der Waals surface area contributed by atoms with E-state index in [1.165, 1.54) is 18.2 Å². The first-order chi connectivity index (χ1) is 11.7. The van der Waals surface area contributed by atoms with Crippen LogP contribution in [0.15, 0.2) is 48.0 Å². The molecule has 0 saturated carbocycles. The second-order valence-corrected chi connectivity index (χ2v) is 5.51. The first kappa shape index (κ1) is 18.3. The van der Waals surface area contributed by atoms with Crippen molar-refractivity contribution in [3.63, 3.8) is 0 Å². The summed E-state index contributed by atoms with van der Waals surface area (Å²) in [4.78, 5) is 12.2. The standard InChI is InChI=1S/C19H15F3N2O/c1-12-7-8-16(9-13(12)2)24-18(25)15(11-23)10-14-5-3-4-6-17(14)19(20,21)22/h3-10H,1-2H3,(H,24,25)/b15-10+. The Bertz CT molecular complexity index is 877. The molecule has 1 amide bonds. The fraction of sp³-hybridized carbons (Fsp3) is 0.158. The van der Waals surface area contributed by atoms with E-state index in [0.717, 1.165) is 23.3 Å². The predicted octanol–water partition coefficient (Wildman–Crippen LogP) is 4.87. The van der Waals surface area contributed by atoms with Gasteiger partial charge in [0.05, 0.1) is 5.56 Å². The fourth-order valence-electron chi connectivity index (χ4n) is 2.20. The van der Waals surface area contributed by atoms with Crippen LogP contribution in [0, 0.1) is 25.2 Å². The smallest absolute Gasteiger partial charge is 0.321 e. The van der Waals surface area contributed by atoms with Crippen molar-refractivity contribution in [3.8, 4) is 6.07 Å². The molecular weight excluding hydrogens is 329 g/mol. The Kier molecular flexibility index (Phi) is 5.28. The van der Waals surface area contributed by atoms with E-state index in [1.54, 1.807) is 24.3 Å². The highest BCUT2D eigenvalue weighted by Crippen LogP contribution is 2.32. The Labute approximate surface area is 143 Å². The monoisotopic (exact) mass is 344 g/mol. The first-order valence-corrected chi connectivity index (χ1v) is 7.39. The SMILES string of the molecule is Cc1ccc(NC(=O)/C(C#N)=C/c2ccccc2C(F)(F)F)cc1C. The van der Waals surface area contributed by atoms with E-state index < -0.39 is 23.2 Å². The maximum atomic E-state index is 13.0. The van der Waals surface area contributed by atoms with Gasteiger partial charge in [0.15, 0.2) is 0 Å². The van der Waals surface area contributed by atoms with Crippen molar-refractivity contribution in [2.45, 2.75) is 20.0 Å². The van der Waals surface area contributed by atoms with E-state index in [4.69, 9.17) is 5.26 Å². The number of benzene rings is 2. The number of anilines is 1. The highest BCUT2D eigenvalue weighted by Gasteiger charge is 2.32. The minimum atomic E-state index is -4.57. The molecule has 2 aromatic carbocycles. The fourth-order valence-corrected chi connectivity index (χ4v) is 2.20. The number of nitrogens with zero attached hydrogens (tertiary/aromatic N) is 1. The van der Waals surface area contributed by atoms with Crippen LogP contribution in [0.2, 0.25) is 0 Å². The summed E-state index contributed by atoms with van der Waals surface area (Å²) in [6, 6.07) is 11.6. The largest absolute Gasteiger partial charge is 0.416 e. The summed E-state index contributed by atoms with van der Waals surface area (Å²) < 4.78 is 39.1. The van der Waals surface area contributed by atoms with Gasteiger partial charge in [-0.25, -0.2) is 0 Å². The second kappa shape index (κ2) is 7.22. The number of carbonyl (C=O) groups is 1. The van der Waals surface area contributed by atoms with E-state index in [2.05, 4.69) is 5.32 Å². The van der Waals surface area contributed by atoms with Crippen molar-refractivity contribution in [3.05, 3.63) is 70.3 Å². The van der Waals surface area contributed by atoms with Gasteiger partial charge in [0.2, 0.25) is 0 Å². The molecule has 0 aliphatic heterocycles. The zero-order valence-electron chi connectivity index (χ0n) is 13.6. The molecule has 0 spiro atoms. The average Bonchev–Trinajstić information content (AvgIpc) is 2.55. The van der Waals surface area contributed by atoms with E-state index in [0.29, 0.717) is 5.69 Å². The third-order valence-corrected chi connectivity index (χ3v) is 3.70. The molecule has 0 radical (unpaired) electrons. The highest BCUT2D eigenvalue weighted by molar-refractivity contribution is 6.09. The van der Waals surface area contributed by atoms with Crippen molar-refractivity contribution >= 4 is 17.7 Å². The van der Waals surface area contributed by atoms with Gasteiger partial charge in [-0.2, -0.15) is 18.4 Å². The second-order valence-electron chi connectivity index (χ2n) is 5.51. The lowest BCUT2D eigenvalue weighted by atomic mass is 10.0. The molecule has 0 atom stereocenters. The first-order valence-electron chi connectivity index (χ1n) is 7.39. The molecule has 0 saturated heterocycles. The number of halogens is 3. The van der Waals surface area contributed by atoms with Crippen molar-refractivity contribution in [1.29, 1.82) is 5.26 Å². The van der Waals surface area contributed by atoms with Gasteiger partial charge in [0, 0.05) is 5.69 Å². The molecule has 0 bridgehead atoms. The Hall–Kier alpha value is -3.07. The molecule has 0 aliphatic rings. The van der Waals surface area contributed by atoms with Crippen LogP contribution in [-0.2, 0) is 11.0 Å². The lowest BCUT2D eigenvalue weighted by Crippen LogP contribution is -2.14. The van der Waals surface area contributed by atoms with Gasteiger partial charge in [-0.1, -0.05) is 24.3 Å². The van der Waals surface area contributed by atoms with Gasteiger partial charge < -0.3 is 5.32 Å². The van der Waals surface area contributed by atoms with Crippen molar-refractivity contribution < 1.29 is 18.0 Å². The van der Waals surface area contributed by atoms with E-state index in [9.17, 15) is 18.0 Å². The van der Waals surface area contributed by atoms with Crippen LogP contribution in [-0.4, -0.2) is 5.91 Å².